The Morgan fingerprint density at radius 2 is 1.95 bits per heavy atom. The van der Waals surface area contributed by atoms with Gasteiger partial charge in [-0.25, -0.2) is 9.78 Å². The summed E-state index contributed by atoms with van der Waals surface area (Å²) < 4.78 is 11.1. The van der Waals surface area contributed by atoms with Crippen molar-refractivity contribution in [1.82, 2.24) is 4.98 Å². The third-order valence-electron chi connectivity index (χ3n) is 6.21. The number of rotatable bonds is 10. The molecule has 0 bridgehead atoms. The third-order valence-corrected chi connectivity index (χ3v) is 7.60. The van der Waals surface area contributed by atoms with Crippen LogP contribution in [0.1, 0.15) is 52.8 Å². The first-order chi connectivity index (χ1) is 19.1. The summed E-state index contributed by atoms with van der Waals surface area (Å²) in [6.45, 7) is 9.87. The van der Waals surface area contributed by atoms with Crippen LogP contribution in [0.3, 0.4) is 0 Å². The summed E-state index contributed by atoms with van der Waals surface area (Å²) in [7, 11) is 0. The first-order valence-corrected chi connectivity index (χ1v) is 13.9. The van der Waals surface area contributed by atoms with Crippen molar-refractivity contribution in [3.63, 3.8) is 0 Å². The van der Waals surface area contributed by atoms with E-state index >= 15 is 0 Å². The van der Waals surface area contributed by atoms with E-state index in [1.165, 1.54) is 11.0 Å². The summed E-state index contributed by atoms with van der Waals surface area (Å²) in [5.41, 5.74) is 1.08. The number of hydrogen-bond donors (Lipinski definition) is 1. The molecule has 10 heteroatoms. The van der Waals surface area contributed by atoms with Crippen molar-refractivity contribution in [2.75, 3.05) is 18.1 Å². The highest BCUT2D eigenvalue weighted by Gasteiger charge is 2.48. The normalized spacial score (nSPS) is 16.4. The summed E-state index contributed by atoms with van der Waals surface area (Å²) in [4.78, 5) is 45.4. The Balaban J connectivity index is 1.84. The maximum atomic E-state index is 13.5. The van der Waals surface area contributed by atoms with Gasteiger partial charge in [-0.15, -0.1) is 0 Å². The zero-order valence-corrected chi connectivity index (χ0v) is 23.9. The van der Waals surface area contributed by atoms with E-state index in [9.17, 15) is 19.5 Å². The van der Waals surface area contributed by atoms with E-state index in [2.05, 4.69) is 25.4 Å². The predicted molar refractivity (Wildman–Crippen MR) is 155 cm³/mol. The molecule has 2 aromatic carbocycles. The summed E-state index contributed by atoms with van der Waals surface area (Å²) in [6, 6.07) is 12.3. The molecule has 2 heterocycles. The number of benzene rings is 2. The fraction of sp³-hybridized carbons (Fsp3) is 0.267. The minimum atomic E-state index is -1.04. The number of nitrogens with zero attached hydrogens (tertiary/aromatic N) is 2. The molecule has 0 spiro atoms. The number of carbonyl (C=O) groups excluding carboxylic acids is 3. The Bertz CT molecular complexity index is 1480. The molecule has 1 atom stereocenters. The highest BCUT2D eigenvalue weighted by Crippen LogP contribution is 2.44. The maximum Gasteiger partial charge on any atom is 0.350 e. The summed E-state index contributed by atoms with van der Waals surface area (Å²) in [5.74, 6) is -1.73. The van der Waals surface area contributed by atoms with Gasteiger partial charge in [-0.2, -0.15) is 0 Å². The van der Waals surface area contributed by atoms with Crippen molar-refractivity contribution < 1.29 is 29.0 Å². The summed E-state index contributed by atoms with van der Waals surface area (Å²) in [6.07, 6.45) is 2.29. The molecule has 1 aliphatic rings. The molecule has 1 aliphatic heterocycles. The van der Waals surface area contributed by atoms with Gasteiger partial charge < -0.3 is 14.6 Å². The molecule has 1 aromatic heterocycles. The number of halogens is 1. The quantitative estimate of drug-likeness (QED) is 0.0959. The zero-order valence-electron chi connectivity index (χ0n) is 22.3. The number of aromatic nitrogens is 1. The SMILES string of the molecule is C=CCOC(=O)c1sc(N2C(=O)C(=O)C(=C(O)c3ccc(Cl)cc3)C2c2cccc(OCCC(C)C)c2)nc1C. The van der Waals surface area contributed by atoms with Crippen LogP contribution < -0.4 is 9.64 Å². The number of aliphatic hydroxyl groups is 1. The Kier molecular flexibility index (Phi) is 9.07. The number of Topliss-reactive ketones (excluding diaryl/α,β-unsaturated/α-hetero) is 1. The fourth-order valence-electron chi connectivity index (χ4n) is 4.17. The van der Waals surface area contributed by atoms with Crippen LogP contribution in [-0.4, -0.2) is 41.0 Å². The molecule has 1 saturated heterocycles. The lowest BCUT2D eigenvalue weighted by molar-refractivity contribution is -0.132. The zero-order chi connectivity index (χ0) is 29.0. The van der Waals surface area contributed by atoms with Gasteiger partial charge in [0.2, 0.25) is 0 Å². The predicted octanol–water partition coefficient (Wildman–Crippen LogP) is 6.50. The Labute approximate surface area is 241 Å². The lowest BCUT2D eigenvalue weighted by Gasteiger charge is -2.23. The molecule has 0 radical (unpaired) electrons. The molecule has 1 N–H and O–H groups in total. The molecule has 1 fully saturated rings. The van der Waals surface area contributed by atoms with Crippen LogP contribution in [0.15, 0.2) is 66.8 Å². The highest BCUT2D eigenvalue weighted by atomic mass is 35.5. The van der Waals surface area contributed by atoms with E-state index in [1.54, 1.807) is 55.5 Å². The summed E-state index contributed by atoms with van der Waals surface area (Å²) in [5, 5.41) is 11.9. The number of esters is 1. The first kappa shape index (κ1) is 29.0. The molecule has 8 nitrogen and oxygen atoms in total. The monoisotopic (exact) mass is 580 g/mol. The lowest BCUT2D eigenvalue weighted by atomic mass is 9.95. The average molecular weight is 581 g/mol. The van der Waals surface area contributed by atoms with Crippen LogP contribution in [0.4, 0.5) is 5.13 Å². The number of thiazole rings is 1. The largest absolute Gasteiger partial charge is 0.507 e. The minimum Gasteiger partial charge on any atom is -0.507 e. The van der Waals surface area contributed by atoms with Crippen LogP contribution in [0.5, 0.6) is 5.75 Å². The van der Waals surface area contributed by atoms with Crippen LogP contribution in [0, 0.1) is 12.8 Å². The van der Waals surface area contributed by atoms with Gasteiger partial charge in [0.15, 0.2) is 5.13 Å². The second kappa shape index (κ2) is 12.5. The molecular weight excluding hydrogens is 552 g/mol. The maximum absolute atomic E-state index is 13.5. The van der Waals surface area contributed by atoms with Crippen molar-refractivity contribution in [3.05, 3.63) is 93.5 Å². The van der Waals surface area contributed by atoms with Crippen LogP contribution in [0.2, 0.25) is 5.02 Å². The topological polar surface area (TPSA) is 106 Å². The van der Waals surface area contributed by atoms with Gasteiger partial charge in [0.1, 0.15) is 23.0 Å². The number of amides is 1. The second-order valence-corrected chi connectivity index (χ2v) is 11.0. The van der Waals surface area contributed by atoms with Crippen molar-refractivity contribution in [2.24, 2.45) is 5.92 Å². The molecule has 1 unspecified atom stereocenters. The smallest absolute Gasteiger partial charge is 0.350 e. The van der Waals surface area contributed by atoms with Crippen molar-refractivity contribution >= 4 is 51.5 Å². The van der Waals surface area contributed by atoms with Crippen molar-refractivity contribution in [1.29, 1.82) is 0 Å². The molecule has 0 saturated carbocycles. The molecular formula is C30H29ClN2O6S. The average Bonchev–Trinajstić information content (AvgIpc) is 3.43. The number of aryl methyl sites for hydroxylation is 1. The summed E-state index contributed by atoms with van der Waals surface area (Å²) >= 11 is 6.95. The van der Waals surface area contributed by atoms with E-state index in [1.807, 2.05) is 0 Å². The van der Waals surface area contributed by atoms with Gasteiger partial charge in [0.25, 0.3) is 5.78 Å². The third kappa shape index (κ3) is 6.11. The molecule has 1 amide bonds. The van der Waals surface area contributed by atoms with Crippen molar-refractivity contribution in [2.45, 2.75) is 33.2 Å². The number of anilines is 1. The number of ketones is 1. The van der Waals surface area contributed by atoms with Gasteiger partial charge >= 0.3 is 11.9 Å². The molecule has 0 aliphatic carbocycles. The molecule has 3 aromatic rings. The van der Waals surface area contributed by atoms with Gasteiger partial charge in [0, 0.05) is 10.6 Å². The van der Waals surface area contributed by atoms with E-state index in [0.29, 0.717) is 40.1 Å². The van der Waals surface area contributed by atoms with Gasteiger partial charge in [-0.3, -0.25) is 14.5 Å². The van der Waals surface area contributed by atoms with Gasteiger partial charge in [-0.05, 0) is 61.2 Å². The Morgan fingerprint density at radius 1 is 1.23 bits per heavy atom. The van der Waals surface area contributed by atoms with E-state index in [0.717, 1.165) is 17.8 Å². The van der Waals surface area contributed by atoms with Crippen LogP contribution in [-0.2, 0) is 14.3 Å². The number of hydrogen-bond acceptors (Lipinski definition) is 8. The minimum absolute atomic E-state index is 0.0146. The van der Waals surface area contributed by atoms with E-state index in [4.69, 9.17) is 21.1 Å². The highest BCUT2D eigenvalue weighted by molar-refractivity contribution is 7.17. The second-order valence-electron chi connectivity index (χ2n) is 9.58. The fourth-order valence-corrected chi connectivity index (χ4v) is 5.28. The van der Waals surface area contributed by atoms with Crippen LogP contribution >= 0.6 is 22.9 Å². The molecule has 208 valence electrons. The standard InChI is InChI=1S/C30H29ClN2O6S/c1-5-14-39-29(37)27-18(4)32-30(40-27)33-24(20-7-6-8-22(16-20)38-15-13-17(2)3)23(26(35)28(33)36)25(34)19-9-11-21(31)12-10-19/h5-12,16-17,24,34H,1,13-15H2,2-4H3. The van der Waals surface area contributed by atoms with E-state index in [-0.39, 0.29) is 27.9 Å². The number of carbonyl (C=O) groups is 3. The van der Waals surface area contributed by atoms with Crippen LogP contribution in [0.25, 0.3) is 5.76 Å². The number of ether oxygens (including phenoxy) is 2. The Hall–Kier alpha value is -3.95. The number of aliphatic hydroxyl groups excluding tert-OH is 1. The molecule has 4 rings (SSSR count). The Morgan fingerprint density at radius 3 is 2.62 bits per heavy atom. The molecule has 40 heavy (non-hydrogen) atoms. The van der Waals surface area contributed by atoms with Gasteiger partial charge in [-0.1, -0.05) is 61.6 Å². The lowest BCUT2D eigenvalue weighted by Crippen LogP contribution is -2.29. The first-order valence-electron chi connectivity index (χ1n) is 12.7. The van der Waals surface area contributed by atoms with E-state index < -0.39 is 23.7 Å². The van der Waals surface area contributed by atoms with Gasteiger partial charge in [0.05, 0.1) is 23.9 Å². The van der Waals surface area contributed by atoms with Crippen molar-refractivity contribution in [3.8, 4) is 5.75 Å².